The lowest BCUT2D eigenvalue weighted by Crippen LogP contribution is -2.33. The zero-order chi connectivity index (χ0) is 26.6. The summed E-state index contributed by atoms with van der Waals surface area (Å²) in [6, 6.07) is 27.8. The van der Waals surface area contributed by atoms with E-state index in [1.54, 1.807) is 12.4 Å². The van der Waals surface area contributed by atoms with Crippen LogP contribution in [-0.4, -0.2) is 37.0 Å². The molecule has 0 aliphatic carbocycles. The van der Waals surface area contributed by atoms with Crippen molar-refractivity contribution in [1.82, 2.24) is 24.8 Å². The molecule has 2 aromatic carbocycles. The summed E-state index contributed by atoms with van der Waals surface area (Å²) in [5.41, 5.74) is 3.92. The van der Waals surface area contributed by atoms with Crippen molar-refractivity contribution in [3.63, 3.8) is 0 Å². The van der Waals surface area contributed by atoms with Crippen LogP contribution < -0.4 is 10.6 Å². The summed E-state index contributed by atoms with van der Waals surface area (Å²) in [4.78, 5) is 24.2. The Bertz CT molecular complexity index is 1600. The molecule has 0 bridgehead atoms. The number of benzene rings is 2. The Kier molecular flexibility index (Phi) is 7.01. The Balaban J connectivity index is 1.26. The highest BCUT2D eigenvalue weighted by Gasteiger charge is 2.41. The molecule has 194 valence electrons. The number of amides is 1. The molecule has 1 saturated heterocycles. The van der Waals surface area contributed by atoms with E-state index in [9.17, 15) is 4.79 Å². The van der Waals surface area contributed by atoms with Gasteiger partial charge in [0, 0.05) is 61.1 Å². The number of pyridine rings is 2. The summed E-state index contributed by atoms with van der Waals surface area (Å²) in [5.74, 6) is -0.0556. The highest BCUT2D eigenvalue weighted by molar-refractivity contribution is 7.80. The molecule has 0 unspecified atom stereocenters. The Hall–Kier alpha value is -4.56. The predicted octanol–water partition coefficient (Wildman–Crippen LogP) is 5.48. The van der Waals surface area contributed by atoms with Gasteiger partial charge in [-0.25, -0.2) is 0 Å². The van der Waals surface area contributed by atoms with Gasteiger partial charge in [0.1, 0.15) is 0 Å². The predicted molar refractivity (Wildman–Crippen MR) is 157 cm³/mol. The summed E-state index contributed by atoms with van der Waals surface area (Å²) in [6.07, 6.45) is 7.82. The van der Waals surface area contributed by atoms with Gasteiger partial charge in [-0.3, -0.25) is 14.8 Å². The molecule has 5 aromatic rings. The normalized spacial score (nSPS) is 16.8. The summed E-state index contributed by atoms with van der Waals surface area (Å²) < 4.78 is 2.22. The van der Waals surface area contributed by atoms with Gasteiger partial charge in [0.2, 0.25) is 5.91 Å². The first kappa shape index (κ1) is 24.8. The van der Waals surface area contributed by atoms with E-state index in [0.29, 0.717) is 24.6 Å². The Morgan fingerprint density at radius 3 is 2.67 bits per heavy atom. The van der Waals surface area contributed by atoms with Gasteiger partial charge < -0.3 is 20.1 Å². The lowest BCUT2D eigenvalue weighted by atomic mass is 10.0. The standard InChI is InChI=1S/C31H28N6OS/c38-28(34-25-13-5-10-23-9-1-2-11-24(23)25)15-19-37-30(29(35-31(37)39)26-12-3-4-17-33-26)27-14-7-18-36(27)21-22-8-6-16-32-20-22/h1-14,16-18,20,29-30H,15,19,21H2,(H,34,38)(H,35,39)/t29-,30-/m0/s1. The minimum atomic E-state index is -0.151. The lowest BCUT2D eigenvalue weighted by molar-refractivity contribution is -0.116. The first-order valence-corrected chi connectivity index (χ1v) is 13.4. The Labute approximate surface area is 232 Å². The van der Waals surface area contributed by atoms with Gasteiger partial charge in [0.15, 0.2) is 5.11 Å². The maximum Gasteiger partial charge on any atom is 0.226 e. The highest BCUT2D eigenvalue weighted by atomic mass is 32.1. The number of hydrogen-bond acceptors (Lipinski definition) is 4. The van der Waals surface area contributed by atoms with Gasteiger partial charge in [-0.05, 0) is 59.6 Å². The van der Waals surface area contributed by atoms with Crippen molar-refractivity contribution in [2.75, 3.05) is 11.9 Å². The molecule has 0 radical (unpaired) electrons. The number of hydrogen-bond donors (Lipinski definition) is 2. The molecule has 1 aliphatic rings. The number of fused-ring (bicyclic) bond motifs is 1. The first-order valence-electron chi connectivity index (χ1n) is 13.0. The van der Waals surface area contributed by atoms with Crippen molar-refractivity contribution in [1.29, 1.82) is 0 Å². The molecule has 6 rings (SSSR count). The summed E-state index contributed by atoms with van der Waals surface area (Å²) >= 11 is 5.82. The maximum atomic E-state index is 13.1. The number of rotatable bonds is 8. The topological polar surface area (TPSA) is 75.1 Å². The second-order valence-corrected chi connectivity index (χ2v) is 9.95. The van der Waals surface area contributed by atoms with Crippen molar-refractivity contribution in [3.8, 4) is 0 Å². The van der Waals surface area contributed by atoms with Crippen molar-refractivity contribution in [3.05, 3.63) is 127 Å². The summed E-state index contributed by atoms with van der Waals surface area (Å²) in [7, 11) is 0. The number of anilines is 1. The molecule has 2 atom stereocenters. The average molecular weight is 533 g/mol. The van der Waals surface area contributed by atoms with E-state index in [-0.39, 0.29) is 18.0 Å². The molecular formula is C31H28N6OS. The van der Waals surface area contributed by atoms with E-state index in [0.717, 1.165) is 33.4 Å². The molecule has 7 nitrogen and oxygen atoms in total. The molecule has 0 spiro atoms. The van der Waals surface area contributed by atoms with Crippen LogP contribution in [0.1, 0.15) is 35.5 Å². The number of carbonyl (C=O) groups is 1. The van der Waals surface area contributed by atoms with Crippen molar-refractivity contribution < 1.29 is 4.79 Å². The zero-order valence-corrected chi connectivity index (χ0v) is 22.1. The fourth-order valence-electron chi connectivity index (χ4n) is 5.27. The van der Waals surface area contributed by atoms with Gasteiger partial charge in [-0.15, -0.1) is 0 Å². The summed E-state index contributed by atoms with van der Waals surface area (Å²) in [6.45, 7) is 1.15. The minimum Gasteiger partial charge on any atom is -0.352 e. The first-order chi connectivity index (χ1) is 19.2. The Morgan fingerprint density at radius 1 is 0.949 bits per heavy atom. The van der Waals surface area contributed by atoms with E-state index in [2.05, 4.69) is 48.4 Å². The second kappa shape index (κ2) is 11.0. The molecule has 4 heterocycles. The number of carbonyl (C=O) groups excluding carboxylic acids is 1. The van der Waals surface area contributed by atoms with Gasteiger partial charge in [-0.1, -0.05) is 48.5 Å². The quantitative estimate of drug-likeness (QED) is 0.258. The van der Waals surface area contributed by atoms with Crippen molar-refractivity contribution >= 4 is 39.7 Å². The monoisotopic (exact) mass is 532 g/mol. The van der Waals surface area contributed by atoms with Crippen LogP contribution in [0.25, 0.3) is 10.8 Å². The van der Waals surface area contributed by atoms with Crippen LogP contribution in [0.5, 0.6) is 0 Å². The third-order valence-electron chi connectivity index (χ3n) is 7.08. The summed E-state index contributed by atoms with van der Waals surface area (Å²) in [5, 5.41) is 9.32. The maximum absolute atomic E-state index is 13.1. The molecule has 1 fully saturated rings. The molecule has 2 N–H and O–H groups in total. The molecule has 0 saturated carbocycles. The van der Waals surface area contributed by atoms with Gasteiger partial charge in [0.05, 0.1) is 17.8 Å². The fraction of sp³-hybridized carbons (Fsp3) is 0.161. The van der Waals surface area contributed by atoms with Gasteiger partial charge >= 0.3 is 0 Å². The van der Waals surface area contributed by atoms with Crippen LogP contribution in [0, 0.1) is 0 Å². The largest absolute Gasteiger partial charge is 0.352 e. The minimum absolute atomic E-state index is 0.0556. The van der Waals surface area contributed by atoms with E-state index in [1.165, 1.54) is 0 Å². The van der Waals surface area contributed by atoms with Gasteiger partial charge in [0.25, 0.3) is 0 Å². The van der Waals surface area contributed by atoms with Crippen LogP contribution in [0.3, 0.4) is 0 Å². The molecule has 8 heteroatoms. The van der Waals surface area contributed by atoms with E-state index < -0.39 is 0 Å². The fourth-order valence-corrected chi connectivity index (χ4v) is 5.60. The number of thiocarbonyl (C=S) groups is 1. The van der Waals surface area contributed by atoms with E-state index in [1.807, 2.05) is 79.0 Å². The van der Waals surface area contributed by atoms with Crippen LogP contribution >= 0.6 is 12.2 Å². The number of aromatic nitrogens is 3. The molecule has 3 aromatic heterocycles. The number of nitrogens with one attached hydrogen (secondary N) is 2. The van der Waals surface area contributed by atoms with E-state index >= 15 is 0 Å². The Morgan fingerprint density at radius 2 is 1.82 bits per heavy atom. The van der Waals surface area contributed by atoms with Crippen LogP contribution in [0.2, 0.25) is 0 Å². The van der Waals surface area contributed by atoms with Crippen LogP contribution in [-0.2, 0) is 11.3 Å². The molecule has 1 aliphatic heterocycles. The molecule has 1 amide bonds. The zero-order valence-electron chi connectivity index (χ0n) is 21.3. The smallest absolute Gasteiger partial charge is 0.226 e. The number of nitrogens with zero attached hydrogens (tertiary/aromatic N) is 4. The second-order valence-electron chi connectivity index (χ2n) is 9.57. The highest BCUT2D eigenvalue weighted by Crippen LogP contribution is 2.39. The van der Waals surface area contributed by atoms with Crippen molar-refractivity contribution in [2.45, 2.75) is 25.0 Å². The SMILES string of the molecule is O=C(CCN1C(=S)N[C@@H](c2ccccn2)[C@@H]1c1cccn1Cc1cccnc1)Nc1cccc2ccccc12. The molecule has 39 heavy (non-hydrogen) atoms. The average Bonchev–Trinajstić information content (AvgIpc) is 3.56. The third-order valence-corrected chi connectivity index (χ3v) is 7.44. The van der Waals surface area contributed by atoms with Crippen LogP contribution in [0.15, 0.2) is 110 Å². The van der Waals surface area contributed by atoms with Crippen LogP contribution in [0.4, 0.5) is 5.69 Å². The van der Waals surface area contributed by atoms with Crippen molar-refractivity contribution in [2.24, 2.45) is 0 Å². The lowest BCUT2D eigenvalue weighted by Gasteiger charge is -2.29. The van der Waals surface area contributed by atoms with Gasteiger partial charge in [-0.2, -0.15) is 0 Å². The van der Waals surface area contributed by atoms with E-state index in [4.69, 9.17) is 12.2 Å². The molecular weight excluding hydrogens is 504 g/mol. The third kappa shape index (κ3) is 5.24.